The summed E-state index contributed by atoms with van der Waals surface area (Å²) in [6.45, 7) is 1.65. The van der Waals surface area contributed by atoms with Crippen LogP contribution in [-0.4, -0.2) is 36.5 Å². The highest BCUT2D eigenvalue weighted by atomic mass is 16.5. The molecule has 16 heavy (non-hydrogen) atoms. The Hall–Kier alpha value is -1.33. The molecule has 1 atom stereocenters. The molecule has 90 valence electrons. The lowest BCUT2D eigenvalue weighted by Crippen LogP contribution is -2.42. The Labute approximate surface area is 95.2 Å². The highest BCUT2D eigenvalue weighted by Crippen LogP contribution is 2.28. The van der Waals surface area contributed by atoms with Crippen LogP contribution in [0.25, 0.3) is 0 Å². The van der Waals surface area contributed by atoms with Gasteiger partial charge in [-0.2, -0.15) is 0 Å². The van der Waals surface area contributed by atoms with Gasteiger partial charge in [0.05, 0.1) is 26.4 Å². The summed E-state index contributed by atoms with van der Waals surface area (Å²) in [7, 11) is 3.11. The summed E-state index contributed by atoms with van der Waals surface area (Å²) in [4.78, 5) is 4.08. The number of ether oxygens (including phenoxy) is 2. The Morgan fingerprint density at radius 1 is 1.44 bits per heavy atom. The first-order valence-corrected chi connectivity index (χ1v) is 4.99. The first-order chi connectivity index (χ1) is 7.54. The van der Waals surface area contributed by atoms with Gasteiger partial charge in [0.1, 0.15) is 5.75 Å². The van der Waals surface area contributed by atoms with Crippen LogP contribution in [0.4, 0.5) is 0 Å². The number of nitrogens with zero attached hydrogens (tertiary/aromatic N) is 1. The van der Waals surface area contributed by atoms with Gasteiger partial charge in [-0.25, -0.2) is 4.98 Å². The fourth-order valence-electron chi connectivity index (χ4n) is 1.45. The highest BCUT2D eigenvalue weighted by Gasteiger charge is 2.23. The topological polar surface area (TPSA) is 77.6 Å². The normalized spacial score (nSPS) is 14.3. The summed E-state index contributed by atoms with van der Waals surface area (Å²) in [5.41, 5.74) is 5.96. The van der Waals surface area contributed by atoms with E-state index in [2.05, 4.69) is 4.98 Å². The van der Waals surface area contributed by atoms with Crippen LogP contribution in [0.1, 0.15) is 12.5 Å². The molecular formula is C11H18N2O3. The molecule has 0 radical (unpaired) electrons. The number of methoxy groups -OCH3 is 2. The van der Waals surface area contributed by atoms with Gasteiger partial charge in [0.25, 0.3) is 0 Å². The van der Waals surface area contributed by atoms with E-state index in [9.17, 15) is 0 Å². The average Bonchev–Trinajstić information content (AvgIpc) is 2.29. The van der Waals surface area contributed by atoms with E-state index in [1.54, 1.807) is 26.3 Å². The monoisotopic (exact) mass is 226 g/mol. The number of aliphatic hydroxyl groups excluding tert-OH is 1. The number of rotatable bonds is 5. The predicted molar refractivity (Wildman–Crippen MR) is 60.7 cm³/mol. The molecule has 0 bridgehead atoms. The fraction of sp³-hybridized carbons (Fsp3) is 0.545. The summed E-state index contributed by atoms with van der Waals surface area (Å²) in [5, 5.41) is 9.16. The second-order valence-corrected chi connectivity index (χ2v) is 3.99. The molecule has 0 saturated heterocycles. The molecule has 0 aliphatic heterocycles. The summed E-state index contributed by atoms with van der Waals surface area (Å²) < 4.78 is 10.4. The highest BCUT2D eigenvalue weighted by molar-refractivity contribution is 5.40. The Morgan fingerprint density at radius 3 is 2.62 bits per heavy atom. The quantitative estimate of drug-likeness (QED) is 0.757. The van der Waals surface area contributed by atoms with E-state index < -0.39 is 5.54 Å². The SMILES string of the molecule is COc1ccnc(OC)c1CC(C)(N)CO. The molecule has 0 fully saturated rings. The van der Waals surface area contributed by atoms with Gasteiger partial charge in [-0.3, -0.25) is 0 Å². The third-order valence-corrected chi connectivity index (χ3v) is 2.33. The molecule has 5 heteroatoms. The lowest BCUT2D eigenvalue weighted by molar-refractivity contribution is 0.205. The van der Waals surface area contributed by atoms with Crippen molar-refractivity contribution in [1.29, 1.82) is 0 Å². The molecule has 1 aromatic heterocycles. The van der Waals surface area contributed by atoms with E-state index in [0.717, 1.165) is 5.56 Å². The molecule has 1 heterocycles. The van der Waals surface area contributed by atoms with E-state index in [4.69, 9.17) is 20.3 Å². The Balaban J connectivity index is 3.09. The lowest BCUT2D eigenvalue weighted by Gasteiger charge is -2.23. The van der Waals surface area contributed by atoms with Crippen molar-refractivity contribution in [2.75, 3.05) is 20.8 Å². The second kappa shape index (κ2) is 5.14. The minimum atomic E-state index is -0.719. The van der Waals surface area contributed by atoms with Crippen LogP contribution >= 0.6 is 0 Å². The zero-order chi connectivity index (χ0) is 12.2. The smallest absolute Gasteiger partial charge is 0.220 e. The van der Waals surface area contributed by atoms with Gasteiger partial charge in [-0.05, 0) is 13.0 Å². The molecular weight excluding hydrogens is 208 g/mol. The van der Waals surface area contributed by atoms with Crippen molar-refractivity contribution in [3.63, 3.8) is 0 Å². The number of aromatic nitrogens is 1. The van der Waals surface area contributed by atoms with Crippen LogP contribution in [-0.2, 0) is 6.42 Å². The predicted octanol–water partition coefficient (Wildman–Crippen LogP) is 0.351. The molecule has 0 spiro atoms. The van der Waals surface area contributed by atoms with E-state index in [0.29, 0.717) is 18.1 Å². The van der Waals surface area contributed by atoms with Crippen LogP contribution in [0.15, 0.2) is 12.3 Å². The van der Waals surface area contributed by atoms with Crippen molar-refractivity contribution in [1.82, 2.24) is 4.98 Å². The van der Waals surface area contributed by atoms with Gasteiger partial charge < -0.3 is 20.3 Å². The van der Waals surface area contributed by atoms with Crippen LogP contribution in [0, 0.1) is 0 Å². The zero-order valence-electron chi connectivity index (χ0n) is 9.86. The summed E-state index contributed by atoms with van der Waals surface area (Å²) in [6, 6.07) is 1.74. The van der Waals surface area contributed by atoms with Crippen LogP contribution in [0.3, 0.4) is 0 Å². The largest absolute Gasteiger partial charge is 0.496 e. The number of hydrogen-bond acceptors (Lipinski definition) is 5. The maximum Gasteiger partial charge on any atom is 0.220 e. The Morgan fingerprint density at radius 2 is 2.12 bits per heavy atom. The second-order valence-electron chi connectivity index (χ2n) is 3.99. The fourth-order valence-corrected chi connectivity index (χ4v) is 1.45. The molecule has 1 aromatic rings. The van der Waals surface area contributed by atoms with Crippen molar-refractivity contribution >= 4 is 0 Å². The molecule has 5 nitrogen and oxygen atoms in total. The minimum absolute atomic E-state index is 0.117. The number of nitrogens with two attached hydrogens (primary N) is 1. The van der Waals surface area contributed by atoms with Crippen LogP contribution in [0.5, 0.6) is 11.6 Å². The molecule has 0 aliphatic carbocycles. The molecule has 0 amide bonds. The van der Waals surface area contributed by atoms with Crippen molar-refractivity contribution in [3.8, 4) is 11.6 Å². The van der Waals surface area contributed by atoms with Gasteiger partial charge in [-0.15, -0.1) is 0 Å². The third kappa shape index (κ3) is 2.84. The van der Waals surface area contributed by atoms with Gasteiger partial charge in [0, 0.05) is 18.2 Å². The average molecular weight is 226 g/mol. The van der Waals surface area contributed by atoms with Crippen molar-refractivity contribution in [3.05, 3.63) is 17.8 Å². The Kier molecular flexibility index (Phi) is 4.09. The van der Waals surface area contributed by atoms with Gasteiger partial charge >= 0.3 is 0 Å². The first-order valence-electron chi connectivity index (χ1n) is 4.99. The summed E-state index contributed by atoms with van der Waals surface area (Å²) in [6.07, 6.45) is 2.04. The molecule has 1 unspecified atom stereocenters. The molecule has 0 aliphatic rings. The van der Waals surface area contributed by atoms with E-state index >= 15 is 0 Å². The van der Waals surface area contributed by atoms with E-state index in [1.165, 1.54) is 7.11 Å². The third-order valence-electron chi connectivity index (χ3n) is 2.33. The van der Waals surface area contributed by atoms with E-state index in [1.807, 2.05) is 0 Å². The van der Waals surface area contributed by atoms with Gasteiger partial charge in [-0.1, -0.05) is 0 Å². The summed E-state index contributed by atoms with van der Waals surface area (Å²) in [5.74, 6) is 1.14. The van der Waals surface area contributed by atoms with Crippen LogP contribution < -0.4 is 15.2 Å². The molecule has 1 rings (SSSR count). The molecule has 3 N–H and O–H groups in total. The molecule has 0 saturated carbocycles. The van der Waals surface area contributed by atoms with Crippen LogP contribution in [0.2, 0.25) is 0 Å². The van der Waals surface area contributed by atoms with Crippen molar-refractivity contribution in [2.24, 2.45) is 5.73 Å². The molecule has 0 aromatic carbocycles. The first kappa shape index (κ1) is 12.7. The van der Waals surface area contributed by atoms with Gasteiger partial charge in [0.15, 0.2) is 0 Å². The van der Waals surface area contributed by atoms with Crippen molar-refractivity contribution < 1.29 is 14.6 Å². The van der Waals surface area contributed by atoms with Gasteiger partial charge in [0.2, 0.25) is 5.88 Å². The maximum atomic E-state index is 9.16. The number of hydrogen-bond donors (Lipinski definition) is 2. The lowest BCUT2D eigenvalue weighted by atomic mass is 9.95. The minimum Gasteiger partial charge on any atom is -0.496 e. The zero-order valence-corrected chi connectivity index (χ0v) is 9.86. The van der Waals surface area contributed by atoms with Crippen molar-refractivity contribution in [2.45, 2.75) is 18.9 Å². The maximum absolute atomic E-state index is 9.16. The standard InChI is InChI=1S/C11H18N2O3/c1-11(12,7-14)6-8-9(15-2)4-5-13-10(8)16-3/h4-5,14H,6-7,12H2,1-3H3. The number of pyridine rings is 1. The Bertz CT molecular complexity index is 331. The van der Waals surface area contributed by atoms with E-state index in [-0.39, 0.29) is 6.61 Å². The number of aliphatic hydroxyl groups is 1. The summed E-state index contributed by atoms with van der Waals surface area (Å²) >= 11 is 0.